The average Bonchev–Trinajstić information content (AvgIpc) is 1.64. The minimum absolute atomic E-state index is 0.239. The fraction of sp³-hybridized carbons (Fsp3) is 1.00. The molecule has 0 spiro atoms. The molecular weight excluding hydrogens is 130 g/mol. The Hall–Kier alpha value is 0.310. The van der Waals surface area contributed by atoms with Gasteiger partial charge in [-0.3, -0.25) is 0 Å². The molecule has 0 amide bonds. The summed E-state index contributed by atoms with van der Waals surface area (Å²) in [5.74, 6) is 0.887. The second kappa shape index (κ2) is 3.47. The summed E-state index contributed by atoms with van der Waals surface area (Å²) < 4.78 is 0. The van der Waals surface area contributed by atoms with Gasteiger partial charge in [0.1, 0.15) is 0 Å². The van der Waals surface area contributed by atoms with E-state index in [1.807, 2.05) is 0 Å². The summed E-state index contributed by atoms with van der Waals surface area (Å²) in [5.41, 5.74) is 6.05. The Labute approximate surface area is 63.4 Å². The second-order valence-corrected chi connectivity index (χ2v) is 3.93. The van der Waals surface area contributed by atoms with E-state index < -0.39 is 0 Å². The predicted octanol–water partition coefficient (Wildman–Crippen LogP) is 1.68. The maximum atomic E-state index is 5.81. The highest BCUT2D eigenvalue weighted by Crippen LogP contribution is 2.19. The Morgan fingerprint density at radius 3 is 2.00 bits per heavy atom. The van der Waals surface area contributed by atoms with Crippen LogP contribution in [0.5, 0.6) is 0 Å². The fourth-order valence-electron chi connectivity index (χ4n) is 0.572. The quantitative estimate of drug-likeness (QED) is 0.571. The first kappa shape index (κ1) is 9.31. The van der Waals surface area contributed by atoms with Gasteiger partial charge in [0, 0.05) is 6.04 Å². The Morgan fingerprint density at radius 1 is 1.44 bits per heavy atom. The summed E-state index contributed by atoms with van der Waals surface area (Å²) >= 11 is 4.11. The lowest BCUT2D eigenvalue weighted by atomic mass is 9.86. The molecule has 0 fully saturated rings. The molecular formula is C7H17NS. The van der Waals surface area contributed by atoms with E-state index in [-0.39, 0.29) is 11.5 Å². The largest absolute Gasteiger partial charge is 0.327 e. The molecule has 1 nitrogen and oxygen atoms in total. The molecule has 0 aromatic heterocycles. The van der Waals surface area contributed by atoms with Crippen LogP contribution in [-0.2, 0) is 0 Å². The second-order valence-electron chi connectivity index (χ2n) is 3.48. The molecule has 1 atom stereocenters. The van der Waals surface area contributed by atoms with Crippen molar-refractivity contribution in [1.82, 2.24) is 0 Å². The third kappa shape index (κ3) is 3.82. The van der Waals surface area contributed by atoms with E-state index in [1.165, 1.54) is 0 Å². The van der Waals surface area contributed by atoms with Crippen molar-refractivity contribution < 1.29 is 0 Å². The van der Waals surface area contributed by atoms with Gasteiger partial charge in [0.05, 0.1) is 0 Å². The molecule has 0 aliphatic rings. The third-order valence-corrected chi connectivity index (χ3v) is 1.81. The summed E-state index contributed by atoms with van der Waals surface area (Å²) in [6, 6.07) is 0.287. The molecule has 0 saturated carbocycles. The zero-order valence-electron chi connectivity index (χ0n) is 6.52. The van der Waals surface area contributed by atoms with Crippen LogP contribution in [0.15, 0.2) is 0 Å². The van der Waals surface area contributed by atoms with Crippen LogP contribution in [-0.4, -0.2) is 11.8 Å². The Balaban J connectivity index is 3.59. The van der Waals surface area contributed by atoms with Gasteiger partial charge in [0.25, 0.3) is 0 Å². The van der Waals surface area contributed by atoms with E-state index in [0.29, 0.717) is 0 Å². The van der Waals surface area contributed by atoms with Crippen molar-refractivity contribution in [3.05, 3.63) is 0 Å². The Bertz CT molecular complexity index is 75.5. The molecule has 0 rings (SSSR count). The van der Waals surface area contributed by atoms with Crippen LogP contribution in [0, 0.1) is 5.41 Å². The fourth-order valence-corrected chi connectivity index (χ4v) is 0.850. The zero-order chi connectivity index (χ0) is 7.49. The van der Waals surface area contributed by atoms with Crippen LogP contribution < -0.4 is 5.73 Å². The molecule has 2 heteroatoms. The highest BCUT2D eigenvalue weighted by molar-refractivity contribution is 7.80. The molecule has 0 saturated heterocycles. The van der Waals surface area contributed by atoms with Crippen molar-refractivity contribution in [1.29, 1.82) is 0 Å². The van der Waals surface area contributed by atoms with E-state index in [2.05, 4.69) is 33.4 Å². The molecule has 0 heterocycles. The lowest BCUT2D eigenvalue weighted by Crippen LogP contribution is -2.35. The smallest absolute Gasteiger partial charge is 0.00954 e. The molecule has 56 valence electrons. The summed E-state index contributed by atoms with van der Waals surface area (Å²) in [7, 11) is 0. The van der Waals surface area contributed by atoms with E-state index in [0.717, 1.165) is 12.2 Å². The summed E-state index contributed by atoms with van der Waals surface area (Å²) in [5, 5.41) is 0. The van der Waals surface area contributed by atoms with Crippen LogP contribution in [0.1, 0.15) is 27.2 Å². The predicted molar refractivity (Wildman–Crippen MR) is 45.9 cm³/mol. The normalized spacial score (nSPS) is 15.7. The first-order valence-corrected chi connectivity index (χ1v) is 3.98. The van der Waals surface area contributed by atoms with Crippen molar-refractivity contribution in [3.63, 3.8) is 0 Å². The van der Waals surface area contributed by atoms with Crippen molar-refractivity contribution in [2.75, 3.05) is 5.75 Å². The summed E-state index contributed by atoms with van der Waals surface area (Å²) in [6.07, 6.45) is 1.01. The topological polar surface area (TPSA) is 26.0 Å². The lowest BCUT2D eigenvalue weighted by molar-refractivity contribution is 0.315. The number of hydrogen-bond donors (Lipinski definition) is 2. The first-order valence-electron chi connectivity index (χ1n) is 3.35. The van der Waals surface area contributed by atoms with Gasteiger partial charge in [0.15, 0.2) is 0 Å². The van der Waals surface area contributed by atoms with Crippen LogP contribution in [0.3, 0.4) is 0 Å². The number of hydrogen-bond acceptors (Lipinski definition) is 2. The lowest BCUT2D eigenvalue weighted by Gasteiger charge is -2.26. The van der Waals surface area contributed by atoms with Crippen molar-refractivity contribution in [3.8, 4) is 0 Å². The van der Waals surface area contributed by atoms with Gasteiger partial charge in [-0.1, -0.05) is 20.8 Å². The minimum atomic E-state index is 0.239. The first-order chi connectivity index (χ1) is 3.98. The van der Waals surface area contributed by atoms with Gasteiger partial charge in [-0.2, -0.15) is 12.6 Å². The van der Waals surface area contributed by atoms with Gasteiger partial charge in [-0.25, -0.2) is 0 Å². The third-order valence-electron chi connectivity index (χ3n) is 1.55. The van der Waals surface area contributed by atoms with Gasteiger partial charge in [-0.05, 0) is 17.6 Å². The molecule has 0 aromatic carbocycles. The molecule has 0 aromatic rings. The van der Waals surface area contributed by atoms with Gasteiger partial charge in [-0.15, -0.1) is 0 Å². The summed E-state index contributed by atoms with van der Waals surface area (Å²) in [4.78, 5) is 0. The van der Waals surface area contributed by atoms with Crippen LogP contribution >= 0.6 is 12.6 Å². The Morgan fingerprint density at radius 2 is 1.89 bits per heavy atom. The minimum Gasteiger partial charge on any atom is -0.327 e. The number of nitrogens with two attached hydrogens (primary N) is 1. The Kier molecular flexibility index (Phi) is 3.59. The van der Waals surface area contributed by atoms with Crippen molar-refractivity contribution in [2.45, 2.75) is 33.2 Å². The molecule has 9 heavy (non-hydrogen) atoms. The maximum Gasteiger partial charge on any atom is 0.00954 e. The average molecular weight is 147 g/mol. The standard InChI is InChI=1S/C7H17NS/c1-7(2,3)6(8)4-5-9/h6,9H,4-5,8H2,1-3H3. The van der Waals surface area contributed by atoms with Gasteiger partial charge in [0.2, 0.25) is 0 Å². The SMILES string of the molecule is CC(C)(C)C(N)CCS. The van der Waals surface area contributed by atoms with Gasteiger partial charge >= 0.3 is 0 Å². The molecule has 0 radical (unpaired) electrons. The molecule has 1 unspecified atom stereocenters. The van der Waals surface area contributed by atoms with Crippen LogP contribution in [0.2, 0.25) is 0 Å². The number of rotatable bonds is 2. The maximum absolute atomic E-state index is 5.81. The van der Waals surface area contributed by atoms with E-state index >= 15 is 0 Å². The summed E-state index contributed by atoms with van der Waals surface area (Å²) in [6.45, 7) is 6.46. The monoisotopic (exact) mass is 147 g/mol. The van der Waals surface area contributed by atoms with Crippen LogP contribution in [0.25, 0.3) is 0 Å². The van der Waals surface area contributed by atoms with E-state index in [1.54, 1.807) is 0 Å². The van der Waals surface area contributed by atoms with Gasteiger partial charge < -0.3 is 5.73 Å². The highest BCUT2D eigenvalue weighted by Gasteiger charge is 2.18. The molecule has 0 aliphatic heterocycles. The highest BCUT2D eigenvalue weighted by atomic mass is 32.1. The van der Waals surface area contributed by atoms with Crippen LogP contribution in [0.4, 0.5) is 0 Å². The van der Waals surface area contributed by atoms with Crippen molar-refractivity contribution >= 4 is 12.6 Å². The van der Waals surface area contributed by atoms with Crippen molar-refractivity contribution in [2.24, 2.45) is 11.1 Å². The molecule has 0 bridgehead atoms. The molecule has 0 aliphatic carbocycles. The van der Waals surface area contributed by atoms with E-state index in [4.69, 9.17) is 5.73 Å². The zero-order valence-corrected chi connectivity index (χ0v) is 7.41. The molecule has 2 N–H and O–H groups in total. The number of thiol groups is 1. The van der Waals surface area contributed by atoms with E-state index in [9.17, 15) is 0 Å².